The summed E-state index contributed by atoms with van der Waals surface area (Å²) in [5.41, 5.74) is 7.96. The van der Waals surface area contributed by atoms with E-state index < -0.39 is 0 Å². The summed E-state index contributed by atoms with van der Waals surface area (Å²) in [4.78, 5) is 11.7. The van der Waals surface area contributed by atoms with Crippen molar-refractivity contribution in [3.63, 3.8) is 0 Å². The summed E-state index contributed by atoms with van der Waals surface area (Å²) in [7, 11) is 1.99. The molecule has 2 atom stereocenters. The smallest absolute Gasteiger partial charge is 0.224 e. The fourth-order valence-electron chi connectivity index (χ4n) is 1.42. The van der Waals surface area contributed by atoms with Crippen molar-refractivity contribution in [2.75, 3.05) is 0 Å². The third kappa shape index (κ3) is 2.85. The molecular weight excluding hydrogens is 202 g/mol. The minimum atomic E-state index is -0.152. The van der Waals surface area contributed by atoms with Crippen molar-refractivity contribution in [2.24, 2.45) is 18.7 Å². The van der Waals surface area contributed by atoms with E-state index in [2.05, 4.69) is 9.88 Å². The number of nitrogens with zero attached hydrogens (tertiary/aromatic N) is 1. The molecule has 0 radical (unpaired) electrons. The van der Waals surface area contributed by atoms with Crippen LogP contribution in [-0.2, 0) is 18.4 Å². The number of aromatic nitrogens is 1. The van der Waals surface area contributed by atoms with Crippen LogP contribution < -0.4 is 11.1 Å². The van der Waals surface area contributed by atoms with Crippen molar-refractivity contribution in [3.05, 3.63) is 23.5 Å². The van der Waals surface area contributed by atoms with Crippen molar-refractivity contribution in [2.45, 2.75) is 33.4 Å². The number of nitrogens with one attached hydrogen (secondary N) is 1. The van der Waals surface area contributed by atoms with Crippen molar-refractivity contribution in [1.82, 2.24) is 9.88 Å². The highest BCUT2D eigenvalue weighted by Gasteiger charge is 2.16. The van der Waals surface area contributed by atoms with Gasteiger partial charge in [0.1, 0.15) is 0 Å². The molecule has 90 valence electrons. The highest BCUT2D eigenvalue weighted by atomic mass is 16.1. The van der Waals surface area contributed by atoms with E-state index in [0.29, 0.717) is 6.54 Å². The van der Waals surface area contributed by atoms with Crippen LogP contribution in [-0.4, -0.2) is 16.5 Å². The van der Waals surface area contributed by atoms with Crippen LogP contribution in [0.15, 0.2) is 12.1 Å². The molecule has 1 rings (SSSR count). The number of carbonyl (C=O) groups is 1. The van der Waals surface area contributed by atoms with Crippen molar-refractivity contribution >= 4 is 5.91 Å². The number of nitrogens with two attached hydrogens (primary N) is 1. The van der Waals surface area contributed by atoms with Gasteiger partial charge in [-0.1, -0.05) is 6.92 Å². The molecular formula is C12H21N3O. The third-order valence-electron chi connectivity index (χ3n) is 3.12. The second kappa shape index (κ2) is 5.16. The average molecular weight is 223 g/mol. The van der Waals surface area contributed by atoms with Gasteiger partial charge in [0.05, 0.1) is 6.54 Å². The molecule has 2 unspecified atom stereocenters. The third-order valence-corrected chi connectivity index (χ3v) is 3.12. The van der Waals surface area contributed by atoms with E-state index in [9.17, 15) is 4.79 Å². The molecule has 0 aliphatic carbocycles. The summed E-state index contributed by atoms with van der Waals surface area (Å²) in [5.74, 6) is -0.143. The van der Waals surface area contributed by atoms with Gasteiger partial charge in [-0.25, -0.2) is 0 Å². The largest absolute Gasteiger partial charge is 0.350 e. The Bertz CT molecular complexity index is 368. The van der Waals surface area contributed by atoms with Gasteiger partial charge in [0, 0.05) is 30.4 Å². The number of carbonyl (C=O) groups excluding carboxylic acids is 1. The first-order valence-corrected chi connectivity index (χ1v) is 5.58. The zero-order valence-corrected chi connectivity index (χ0v) is 10.4. The van der Waals surface area contributed by atoms with Crippen LogP contribution in [0.4, 0.5) is 0 Å². The Morgan fingerprint density at radius 1 is 1.50 bits per heavy atom. The quantitative estimate of drug-likeness (QED) is 0.798. The van der Waals surface area contributed by atoms with E-state index in [1.54, 1.807) is 0 Å². The maximum absolute atomic E-state index is 11.7. The standard InChI is InChI=1S/C12H21N3O/c1-8-5-6-11(15(8)4)7-14-12(16)9(2)10(3)13/h5-6,9-10H,7,13H2,1-4H3,(H,14,16). The van der Waals surface area contributed by atoms with Gasteiger partial charge in [-0.3, -0.25) is 4.79 Å². The molecule has 1 amide bonds. The Hall–Kier alpha value is -1.29. The zero-order valence-electron chi connectivity index (χ0n) is 10.4. The molecule has 0 aliphatic heterocycles. The summed E-state index contributed by atoms with van der Waals surface area (Å²) in [5, 5.41) is 2.89. The van der Waals surface area contributed by atoms with Gasteiger partial charge in [-0.15, -0.1) is 0 Å². The Balaban J connectivity index is 2.52. The lowest BCUT2D eigenvalue weighted by Gasteiger charge is -2.15. The van der Waals surface area contributed by atoms with Gasteiger partial charge in [0.25, 0.3) is 0 Å². The molecule has 0 saturated carbocycles. The second-order valence-corrected chi connectivity index (χ2v) is 4.39. The highest BCUT2D eigenvalue weighted by Crippen LogP contribution is 2.06. The summed E-state index contributed by atoms with van der Waals surface area (Å²) in [6.07, 6.45) is 0. The Morgan fingerprint density at radius 3 is 2.56 bits per heavy atom. The van der Waals surface area contributed by atoms with Gasteiger partial charge >= 0.3 is 0 Å². The fraction of sp³-hybridized carbons (Fsp3) is 0.583. The first kappa shape index (κ1) is 12.8. The topological polar surface area (TPSA) is 60.1 Å². The van der Waals surface area contributed by atoms with Gasteiger partial charge in [-0.2, -0.15) is 0 Å². The summed E-state index contributed by atoms with van der Waals surface area (Å²) in [6.45, 7) is 6.28. The molecule has 0 saturated heterocycles. The maximum Gasteiger partial charge on any atom is 0.224 e. The molecule has 16 heavy (non-hydrogen) atoms. The van der Waals surface area contributed by atoms with Gasteiger partial charge < -0.3 is 15.6 Å². The lowest BCUT2D eigenvalue weighted by Crippen LogP contribution is -2.38. The average Bonchev–Trinajstić information content (AvgIpc) is 2.55. The van der Waals surface area contributed by atoms with Gasteiger partial charge in [0.15, 0.2) is 0 Å². The molecule has 3 N–H and O–H groups in total. The molecule has 0 spiro atoms. The maximum atomic E-state index is 11.7. The first-order chi connectivity index (χ1) is 7.43. The molecule has 0 aromatic carbocycles. The SMILES string of the molecule is Cc1ccc(CNC(=O)C(C)C(C)N)n1C. The molecule has 1 heterocycles. The zero-order chi connectivity index (χ0) is 12.3. The number of amides is 1. The summed E-state index contributed by atoms with van der Waals surface area (Å²) in [6, 6.07) is 3.94. The molecule has 0 bridgehead atoms. The van der Waals surface area contributed by atoms with E-state index in [1.807, 2.05) is 40.0 Å². The van der Waals surface area contributed by atoms with E-state index in [-0.39, 0.29) is 17.9 Å². The number of hydrogen-bond acceptors (Lipinski definition) is 2. The minimum Gasteiger partial charge on any atom is -0.350 e. The van der Waals surface area contributed by atoms with E-state index in [1.165, 1.54) is 5.69 Å². The van der Waals surface area contributed by atoms with Crippen molar-refractivity contribution < 1.29 is 4.79 Å². The normalized spacial score (nSPS) is 14.6. The van der Waals surface area contributed by atoms with Crippen LogP contribution in [0.3, 0.4) is 0 Å². The molecule has 0 fully saturated rings. The minimum absolute atomic E-state index is 0.00820. The Morgan fingerprint density at radius 2 is 2.12 bits per heavy atom. The summed E-state index contributed by atoms with van der Waals surface area (Å²) >= 11 is 0. The van der Waals surface area contributed by atoms with Crippen LogP contribution in [0, 0.1) is 12.8 Å². The molecule has 0 aliphatic rings. The summed E-state index contributed by atoms with van der Waals surface area (Å²) < 4.78 is 2.07. The van der Waals surface area contributed by atoms with E-state index in [4.69, 9.17) is 5.73 Å². The lowest BCUT2D eigenvalue weighted by molar-refractivity contribution is -0.125. The number of rotatable bonds is 4. The monoisotopic (exact) mass is 223 g/mol. The van der Waals surface area contributed by atoms with Crippen LogP contribution >= 0.6 is 0 Å². The van der Waals surface area contributed by atoms with Crippen molar-refractivity contribution in [3.8, 4) is 0 Å². The molecule has 4 heteroatoms. The highest BCUT2D eigenvalue weighted by molar-refractivity contribution is 5.78. The van der Waals surface area contributed by atoms with Crippen LogP contribution in [0.5, 0.6) is 0 Å². The number of hydrogen-bond donors (Lipinski definition) is 2. The van der Waals surface area contributed by atoms with E-state index >= 15 is 0 Å². The fourth-order valence-corrected chi connectivity index (χ4v) is 1.42. The molecule has 4 nitrogen and oxygen atoms in total. The molecule has 1 aromatic rings. The molecule has 1 aromatic heterocycles. The van der Waals surface area contributed by atoms with Gasteiger partial charge in [0.2, 0.25) is 5.91 Å². The predicted molar refractivity (Wildman–Crippen MR) is 64.8 cm³/mol. The Labute approximate surface area is 96.8 Å². The van der Waals surface area contributed by atoms with Gasteiger partial charge in [-0.05, 0) is 26.0 Å². The second-order valence-electron chi connectivity index (χ2n) is 4.39. The van der Waals surface area contributed by atoms with Crippen LogP contribution in [0.1, 0.15) is 25.2 Å². The number of aryl methyl sites for hydroxylation is 1. The van der Waals surface area contributed by atoms with Crippen LogP contribution in [0.25, 0.3) is 0 Å². The van der Waals surface area contributed by atoms with Crippen LogP contribution in [0.2, 0.25) is 0 Å². The Kier molecular flexibility index (Phi) is 4.12. The predicted octanol–water partition coefficient (Wildman–Crippen LogP) is 0.933. The van der Waals surface area contributed by atoms with Crippen molar-refractivity contribution in [1.29, 1.82) is 0 Å². The first-order valence-electron chi connectivity index (χ1n) is 5.58. The van der Waals surface area contributed by atoms with E-state index in [0.717, 1.165) is 5.69 Å². The lowest BCUT2D eigenvalue weighted by atomic mass is 10.0.